The Labute approximate surface area is 82.4 Å². The lowest BCUT2D eigenvalue weighted by atomic mass is 10.0. The van der Waals surface area contributed by atoms with Gasteiger partial charge in [0.05, 0.1) is 19.8 Å². The number of nitrogens with two attached hydrogens (primary N) is 1. The van der Waals surface area contributed by atoms with Crippen molar-refractivity contribution in [3.63, 3.8) is 0 Å². The molecule has 0 fully saturated rings. The van der Waals surface area contributed by atoms with Crippen LogP contribution in [0.25, 0.3) is 0 Å². The third-order valence-corrected chi connectivity index (χ3v) is 1.92. The van der Waals surface area contributed by atoms with E-state index in [2.05, 4.69) is 0 Å². The molecule has 0 atom stereocenters. The predicted octanol–water partition coefficient (Wildman–Crippen LogP) is 0.202. The van der Waals surface area contributed by atoms with Crippen LogP contribution in [-0.4, -0.2) is 31.5 Å². The van der Waals surface area contributed by atoms with E-state index in [0.717, 1.165) is 0 Å². The van der Waals surface area contributed by atoms with Gasteiger partial charge in [0, 0.05) is 11.3 Å². The number of ether oxygens (including phenoxy) is 2. The zero-order chi connectivity index (χ0) is 10.6. The maximum Gasteiger partial charge on any atom is 0.356 e. The summed E-state index contributed by atoms with van der Waals surface area (Å²) >= 11 is 0. The van der Waals surface area contributed by atoms with Crippen molar-refractivity contribution < 1.29 is 14.3 Å². The van der Waals surface area contributed by atoms with Gasteiger partial charge in [-0.1, -0.05) is 0 Å². The van der Waals surface area contributed by atoms with Gasteiger partial charge in [-0.05, 0) is 13.3 Å². The van der Waals surface area contributed by atoms with Gasteiger partial charge in [0.1, 0.15) is 5.71 Å². The van der Waals surface area contributed by atoms with Gasteiger partial charge in [0.2, 0.25) is 0 Å². The molecule has 0 aromatic rings. The van der Waals surface area contributed by atoms with E-state index >= 15 is 0 Å². The molecule has 0 aromatic heterocycles. The van der Waals surface area contributed by atoms with E-state index in [4.69, 9.17) is 20.6 Å². The first-order chi connectivity index (χ1) is 6.66. The third kappa shape index (κ3) is 2.32. The normalized spacial score (nSPS) is 16.6. The molecule has 5 nitrogen and oxygen atoms in total. The minimum atomic E-state index is -0.618. The minimum Gasteiger partial charge on any atom is -0.461 e. The Bertz CT molecular complexity index is 284. The number of carbonyl (C=O) groups is 1. The number of nitrogens with one attached hydrogen (secondary N) is 1. The van der Waals surface area contributed by atoms with Crippen LogP contribution in [0.2, 0.25) is 0 Å². The summed E-state index contributed by atoms with van der Waals surface area (Å²) < 4.78 is 9.78. The third-order valence-electron chi connectivity index (χ3n) is 1.92. The summed E-state index contributed by atoms with van der Waals surface area (Å²) in [5.74, 6) is -0.618. The molecule has 1 rings (SSSR count). The van der Waals surface area contributed by atoms with Gasteiger partial charge >= 0.3 is 5.97 Å². The van der Waals surface area contributed by atoms with E-state index in [1.54, 1.807) is 6.92 Å². The highest BCUT2D eigenvalue weighted by Crippen LogP contribution is 2.13. The number of hydrogen-bond donors (Lipinski definition) is 2. The molecule has 5 heteroatoms. The monoisotopic (exact) mass is 198 g/mol. The van der Waals surface area contributed by atoms with Gasteiger partial charge in [0.25, 0.3) is 0 Å². The van der Waals surface area contributed by atoms with Gasteiger partial charge in [-0.15, -0.1) is 0 Å². The maximum atomic E-state index is 11.2. The summed E-state index contributed by atoms with van der Waals surface area (Å²) in [6.45, 7) is 2.76. The fraction of sp³-hybridized carbons (Fsp3) is 0.556. The zero-order valence-electron chi connectivity index (χ0n) is 8.13. The number of rotatable bonds is 3. The lowest BCUT2D eigenvalue weighted by Gasteiger charge is -2.17. The molecule has 0 unspecified atom stereocenters. The zero-order valence-corrected chi connectivity index (χ0v) is 8.13. The second-order valence-corrected chi connectivity index (χ2v) is 2.90. The highest BCUT2D eigenvalue weighted by molar-refractivity contribution is 6.42. The van der Waals surface area contributed by atoms with Crippen molar-refractivity contribution in [3.8, 4) is 0 Å². The van der Waals surface area contributed by atoms with E-state index in [1.165, 1.54) is 0 Å². The van der Waals surface area contributed by atoms with Crippen LogP contribution in [0.4, 0.5) is 0 Å². The van der Waals surface area contributed by atoms with Gasteiger partial charge < -0.3 is 15.2 Å². The molecule has 14 heavy (non-hydrogen) atoms. The second-order valence-electron chi connectivity index (χ2n) is 2.90. The molecule has 0 aliphatic carbocycles. The van der Waals surface area contributed by atoms with Crippen LogP contribution in [0, 0.1) is 5.41 Å². The summed E-state index contributed by atoms with van der Waals surface area (Å²) in [7, 11) is 0. The van der Waals surface area contributed by atoms with E-state index in [0.29, 0.717) is 24.3 Å². The molecule has 0 aromatic carbocycles. The standard InChI is InChI=1S/C9H14N2O3/c1-2-14-9(12)8(11)6-3-4-13-5-7(6)10/h11H,2-5,10H2,1H3. The Morgan fingerprint density at radius 2 is 2.43 bits per heavy atom. The fourth-order valence-corrected chi connectivity index (χ4v) is 1.22. The van der Waals surface area contributed by atoms with Crippen LogP contribution in [0.15, 0.2) is 11.3 Å². The molecule has 0 amide bonds. The molecular weight excluding hydrogens is 184 g/mol. The van der Waals surface area contributed by atoms with Crippen molar-refractivity contribution in [2.24, 2.45) is 5.73 Å². The molecule has 0 saturated heterocycles. The average Bonchev–Trinajstić information content (AvgIpc) is 2.18. The maximum absolute atomic E-state index is 11.2. The predicted molar refractivity (Wildman–Crippen MR) is 51.0 cm³/mol. The fourth-order valence-electron chi connectivity index (χ4n) is 1.22. The lowest BCUT2D eigenvalue weighted by Crippen LogP contribution is -2.27. The Balaban J connectivity index is 2.72. The van der Waals surface area contributed by atoms with Gasteiger partial charge in [-0.25, -0.2) is 4.79 Å². The Hall–Kier alpha value is -1.36. The van der Waals surface area contributed by atoms with Crippen molar-refractivity contribution >= 4 is 11.7 Å². The summed E-state index contributed by atoms with van der Waals surface area (Å²) in [5, 5.41) is 7.55. The Kier molecular flexibility index (Phi) is 3.64. The van der Waals surface area contributed by atoms with Crippen LogP contribution in [0.5, 0.6) is 0 Å². The van der Waals surface area contributed by atoms with E-state index < -0.39 is 5.97 Å². The van der Waals surface area contributed by atoms with E-state index in [9.17, 15) is 4.79 Å². The smallest absolute Gasteiger partial charge is 0.356 e. The first kappa shape index (κ1) is 10.7. The molecule has 1 aliphatic heterocycles. The summed E-state index contributed by atoms with van der Waals surface area (Å²) in [6.07, 6.45) is 0.503. The van der Waals surface area contributed by atoms with Crippen LogP contribution >= 0.6 is 0 Å². The largest absolute Gasteiger partial charge is 0.461 e. The van der Waals surface area contributed by atoms with Crippen molar-refractivity contribution in [3.05, 3.63) is 11.3 Å². The molecule has 0 spiro atoms. The Morgan fingerprint density at radius 1 is 1.71 bits per heavy atom. The van der Waals surface area contributed by atoms with Gasteiger partial charge in [0.15, 0.2) is 0 Å². The molecule has 1 heterocycles. The average molecular weight is 198 g/mol. The van der Waals surface area contributed by atoms with Gasteiger partial charge in [-0.2, -0.15) is 0 Å². The lowest BCUT2D eigenvalue weighted by molar-refractivity contribution is -0.135. The second kappa shape index (κ2) is 4.76. The first-order valence-corrected chi connectivity index (χ1v) is 4.48. The van der Waals surface area contributed by atoms with Gasteiger partial charge in [-0.3, -0.25) is 5.41 Å². The first-order valence-electron chi connectivity index (χ1n) is 4.48. The number of carbonyl (C=O) groups excluding carboxylic acids is 1. The molecule has 78 valence electrons. The molecule has 1 aliphatic rings. The number of hydrogen-bond acceptors (Lipinski definition) is 5. The van der Waals surface area contributed by atoms with Crippen molar-refractivity contribution in [1.82, 2.24) is 0 Å². The highest BCUT2D eigenvalue weighted by atomic mass is 16.5. The van der Waals surface area contributed by atoms with Crippen LogP contribution in [0.3, 0.4) is 0 Å². The Morgan fingerprint density at radius 3 is 3.00 bits per heavy atom. The molecular formula is C9H14N2O3. The quantitative estimate of drug-likeness (QED) is 0.501. The topological polar surface area (TPSA) is 85.4 Å². The van der Waals surface area contributed by atoms with Crippen LogP contribution < -0.4 is 5.73 Å². The molecule has 0 radical (unpaired) electrons. The SMILES string of the molecule is CCOC(=O)C(=N)C1=C(N)COCC1. The van der Waals surface area contributed by atoms with Crippen molar-refractivity contribution in [1.29, 1.82) is 5.41 Å². The van der Waals surface area contributed by atoms with Crippen molar-refractivity contribution in [2.45, 2.75) is 13.3 Å². The summed E-state index contributed by atoms with van der Waals surface area (Å²) in [5.41, 5.74) is 6.48. The number of esters is 1. The molecule has 3 N–H and O–H groups in total. The molecule has 0 saturated carbocycles. The summed E-state index contributed by atoms with van der Waals surface area (Å²) in [6, 6.07) is 0. The van der Waals surface area contributed by atoms with Crippen LogP contribution in [0.1, 0.15) is 13.3 Å². The van der Waals surface area contributed by atoms with E-state index in [-0.39, 0.29) is 18.9 Å². The highest BCUT2D eigenvalue weighted by Gasteiger charge is 2.20. The minimum absolute atomic E-state index is 0.146. The summed E-state index contributed by atoms with van der Waals surface area (Å²) in [4.78, 5) is 11.2. The van der Waals surface area contributed by atoms with Crippen LogP contribution in [-0.2, 0) is 14.3 Å². The van der Waals surface area contributed by atoms with E-state index in [1.807, 2.05) is 0 Å². The van der Waals surface area contributed by atoms with Crippen molar-refractivity contribution in [2.75, 3.05) is 19.8 Å². The molecule has 0 bridgehead atoms.